The van der Waals surface area contributed by atoms with Crippen molar-refractivity contribution in [2.24, 2.45) is 5.92 Å². The van der Waals surface area contributed by atoms with Gasteiger partial charge in [-0.1, -0.05) is 0 Å². The maximum absolute atomic E-state index is 11.7. The van der Waals surface area contributed by atoms with Gasteiger partial charge in [-0.2, -0.15) is 0 Å². The van der Waals surface area contributed by atoms with E-state index in [1.165, 1.54) is 0 Å². The van der Waals surface area contributed by atoms with Gasteiger partial charge in [-0.15, -0.1) is 0 Å². The van der Waals surface area contributed by atoms with Gasteiger partial charge in [0.25, 0.3) is 0 Å². The topological polar surface area (TPSA) is 82.5 Å². The fourth-order valence-electron chi connectivity index (χ4n) is 3.01. The van der Waals surface area contributed by atoms with Crippen molar-refractivity contribution in [3.8, 4) is 0 Å². The molecule has 100 valence electrons. The van der Waals surface area contributed by atoms with Crippen LogP contribution in [0.25, 0.3) is 0 Å². The number of amides is 1. The normalized spacial score (nSPS) is 25.9. The van der Waals surface area contributed by atoms with Gasteiger partial charge in [0, 0.05) is 19.3 Å². The molecule has 3 rings (SSSR count). The molecule has 1 amide bonds. The number of nitrogens with one attached hydrogen (secondary N) is 1. The minimum Gasteiger partial charge on any atom is -0.478 e. The summed E-state index contributed by atoms with van der Waals surface area (Å²) in [5, 5.41) is 12.1. The van der Waals surface area contributed by atoms with Gasteiger partial charge in [-0.25, -0.2) is 9.78 Å². The molecule has 1 aromatic heterocycles. The van der Waals surface area contributed by atoms with Crippen LogP contribution in [0.2, 0.25) is 0 Å². The number of carboxylic acid groups (broad SMARTS) is 1. The maximum Gasteiger partial charge on any atom is 0.339 e. The lowest BCUT2D eigenvalue weighted by molar-refractivity contribution is -0.123. The summed E-state index contributed by atoms with van der Waals surface area (Å²) >= 11 is 0. The fraction of sp³-hybridized carbons (Fsp3) is 0.462. The third kappa shape index (κ3) is 1.93. The van der Waals surface area contributed by atoms with Crippen LogP contribution < -0.4 is 10.2 Å². The molecule has 6 heteroatoms. The van der Waals surface area contributed by atoms with E-state index in [-0.39, 0.29) is 23.4 Å². The number of nitrogens with zero attached hydrogens (tertiary/aromatic N) is 2. The summed E-state index contributed by atoms with van der Waals surface area (Å²) in [6.07, 6.45) is 3.34. The third-order valence-electron chi connectivity index (χ3n) is 3.89. The predicted molar refractivity (Wildman–Crippen MR) is 68.1 cm³/mol. The van der Waals surface area contributed by atoms with Gasteiger partial charge >= 0.3 is 5.97 Å². The maximum atomic E-state index is 11.7. The molecular formula is C13H15N3O3. The summed E-state index contributed by atoms with van der Waals surface area (Å²) in [4.78, 5) is 29.2. The van der Waals surface area contributed by atoms with E-state index in [1.807, 2.05) is 4.90 Å². The molecule has 0 saturated carbocycles. The lowest BCUT2D eigenvalue weighted by atomic mass is 9.91. The highest BCUT2D eigenvalue weighted by molar-refractivity contribution is 5.93. The molecule has 2 fully saturated rings. The number of fused-ring (bicyclic) bond motifs is 1. The van der Waals surface area contributed by atoms with Crippen LogP contribution in [0.4, 0.5) is 5.82 Å². The second-order valence-corrected chi connectivity index (χ2v) is 4.93. The molecule has 2 atom stereocenters. The zero-order valence-electron chi connectivity index (χ0n) is 10.4. The number of pyridine rings is 1. The Balaban J connectivity index is 1.97. The van der Waals surface area contributed by atoms with Crippen molar-refractivity contribution in [2.45, 2.75) is 18.9 Å². The second kappa shape index (κ2) is 4.53. The number of anilines is 1. The van der Waals surface area contributed by atoms with Crippen LogP contribution in [0.1, 0.15) is 23.2 Å². The fourth-order valence-corrected chi connectivity index (χ4v) is 3.01. The van der Waals surface area contributed by atoms with Crippen LogP contribution in [0.3, 0.4) is 0 Å². The molecule has 2 unspecified atom stereocenters. The number of hydrogen-bond acceptors (Lipinski definition) is 4. The number of hydrogen-bond donors (Lipinski definition) is 2. The number of piperidine rings is 1. The van der Waals surface area contributed by atoms with E-state index in [0.29, 0.717) is 12.4 Å². The molecule has 2 aliphatic rings. The summed E-state index contributed by atoms with van der Waals surface area (Å²) < 4.78 is 0. The summed E-state index contributed by atoms with van der Waals surface area (Å²) in [5.41, 5.74) is 0.197. The highest BCUT2D eigenvalue weighted by Crippen LogP contribution is 2.32. The molecule has 2 aliphatic heterocycles. The van der Waals surface area contributed by atoms with E-state index in [4.69, 9.17) is 0 Å². The van der Waals surface area contributed by atoms with Crippen molar-refractivity contribution in [3.05, 3.63) is 23.9 Å². The second-order valence-electron chi connectivity index (χ2n) is 4.93. The van der Waals surface area contributed by atoms with Crippen LogP contribution in [0, 0.1) is 5.92 Å². The number of aromatic nitrogens is 1. The van der Waals surface area contributed by atoms with E-state index in [1.54, 1.807) is 18.3 Å². The predicted octanol–water partition coefficient (Wildman–Crippen LogP) is 0.495. The summed E-state index contributed by atoms with van der Waals surface area (Å²) in [7, 11) is 0. The van der Waals surface area contributed by atoms with Crippen LogP contribution >= 0.6 is 0 Å². The number of rotatable bonds is 2. The van der Waals surface area contributed by atoms with E-state index in [2.05, 4.69) is 10.3 Å². The lowest BCUT2D eigenvalue weighted by Crippen LogP contribution is -2.46. The van der Waals surface area contributed by atoms with Gasteiger partial charge in [0.05, 0.1) is 12.0 Å². The Morgan fingerprint density at radius 1 is 1.53 bits per heavy atom. The van der Waals surface area contributed by atoms with E-state index >= 15 is 0 Å². The first kappa shape index (κ1) is 12.0. The first-order valence-electron chi connectivity index (χ1n) is 6.41. The van der Waals surface area contributed by atoms with Gasteiger partial charge in [0.2, 0.25) is 5.91 Å². The van der Waals surface area contributed by atoms with Crippen molar-refractivity contribution in [3.63, 3.8) is 0 Å². The van der Waals surface area contributed by atoms with Gasteiger partial charge in [-0.05, 0) is 25.0 Å². The van der Waals surface area contributed by atoms with Crippen LogP contribution in [0.15, 0.2) is 18.3 Å². The van der Waals surface area contributed by atoms with E-state index < -0.39 is 5.97 Å². The van der Waals surface area contributed by atoms with E-state index in [0.717, 1.165) is 19.4 Å². The summed E-state index contributed by atoms with van der Waals surface area (Å²) in [6, 6.07) is 3.19. The first-order chi connectivity index (χ1) is 9.18. The summed E-state index contributed by atoms with van der Waals surface area (Å²) in [6.45, 7) is 1.31. The highest BCUT2D eigenvalue weighted by Gasteiger charge is 2.42. The minimum atomic E-state index is -0.984. The molecule has 1 aromatic rings. The molecule has 6 nitrogen and oxygen atoms in total. The zero-order chi connectivity index (χ0) is 13.4. The highest BCUT2D eigenvalue weighted by atomic mass is 16.4. The quantitative estimate of drug-likeness (QED) is 0.809. The van der Waals surface area contributed by atoms with Crippen molar-refractivity contribution < 1.29 is 14.7 Å². The first-order valence-corrected chi connectivity index (χ1v) is 6.41. The number of carbonyl (C=O) groups is 2. The smallest absolute Gasteiger partial charge is 0.339 e. The SMILES string of the molecule is O=C(O)c1cccnc1N1CCCC2C(=O)NCC21. The monoisotopic (exact) mass is 261 g/mol. The van der Waals surface area contributed by atoms with Crippen LogP contribution in [-0.4, -0.2) is 41.1 Å². The molecule has 0 aromatic carbocycles. The average Bonchev–Trinajstić information content (AvgIpc) is 2.81. The Hall–Kier alpha value is -2.11. The van der Waals surface area contributed by atoms with Gasteiger partial charge in [-0.3, -0.25) is 4.79 Å². The minimum absolute atomic E-state index is 0.0225. The van der Waals surface area contributed by atoms with Crippen LogP contribution in [0.5, 0.6) is 0 Å². The zero-order valence-corrected chi connectivity index (χ0v) is 10.4. The Morgan fingerprint density at radius 3 is 3.16 bits per heavy atom. The molecule has 0 bridgehead atoms. The van der Waals surface area contributed by atoms with Crippen molar-refractivity contribution >= 4 is 17.7 Å². The molecule has 2 N–H and O–H groups in total. The number of aromatic carboxylic acids is 1. The average molecular weight is 261 g/mol. The standard InChI is InChI=1S/C13H15N3O3/c17-12-8-4-2-6-16(10(8)7-15-12)11-9(13(18)19)3-1-5-14-11/h1,3,5,8,10H,2,4,6-7H2,(H,15,17)(H,18,19). The molecule has 0 radical (unpaired) electrons. The molecule has 2 saturated heterocycles. The van der Waals surface area contributed by atoms with Crippen molar-refractivity contribution in [2.75, 3.05) is 18.0 Å². The third-order valence-corrected chi connectivity index (χ3v) is 3.89. The Kier molecular flexibility index (Phi) is 2.85. The number of carboxylic acids is 1. The van der Waals surface area contributed by atoms with Gasteiger partial charge in [0.1, 0.15) is 11.4 Å². The van der Waals surface area contributed by atoms with Crippen molar-refractivity contribution in [1.82, 2.24) is 10.3 Å². The Bertz CT molecular complexity index is 532. The van der Waals surface area contributed by atoms with E-state index in [9.17, 15) is 14.7 Å². The van der Waals surface area contributed by atoms with Gasteiger partial charge < -0.3 is 15.3 Å². The van der Waals surface area contributed by atoms with Gasteiger partial charge in [0.15, 0.2) is 0 Å². The lowest BCUT2D eigenvalue weighted by Gasteiger charge is -2.37. The largest absolute Gasteiger partial charge is 0.478 e. The molecule has 3 heterocycles. The van der Waals surface area contributed by atoms with Crippen molar-refractivity contribution in [1.29, 1.82) is 0 Å². The Labute approximate surface area is 110 Å². The van der Waals surface area contributed by atoms with Crippen LogP contribution in [-0.2, 0) is 4.79 Å². The summed E-state index contributed by atoms with van der Waals surface area (Å²) in [5.74, 6) is -0.483. The Morgan fingerprint density at radius 2 is 2.37 bits per heavy atom. The molecule has 0 spiro atoms. The number of carbonyl (C=O) groups excluding carboxylic acids is 1. The molecular weight excluding hydrogens is 246 g/mol. The molecule has 19 heavy (non-hydrogen) atoms. The molecule has 0 aliphatic carbocycles.